The van der Waals surface area contributed by atoms with E-state index in [-0.39, 0.29) is 18.0 Å². The number of aromatic nitrogens is 2. The Labute approximate surface area is 127 Å². The van der Waals surface area contributed by atoms with Crippen molar-refractivity contribution in [3.8, 4) is 0 Å². The van der Waals surface area contributed by atoms with Crippen LogP contribution in [0.1, 0.15) is 15.9 Å². The second kappa shape index (κ2) is 6.84. The Bertz CT molecular complexity index is 684. The first-order valence-corrected chi connectivity index (χ1v) is 6.71. The highest BCUT2D eigenvalue weighted by Gasteiger charge is 2.13. The van der Waals surface area contributed by atoms with Crippen molar-refractivity contribution in [3.63, 3.8) is 0 Å². The molecule has 7 heteroatoms. The molecule has 2 amide bonds. The third kappa shape index (κ3) is 4.15. The Morgan fingerprint density at radius 3 is 2.82 bits per heavy atom. The molecule has 0 spiro atoms. The first-order chi connectivity index (χ1) is 10.5. The number of nitrogens with one attached hydrogen (secondary N) is 1. The third-order valence-corrected chi connectivity index (χ3v) is 3.09. The van der Waals surface area contributed by atoms with Gasteiger partial charge in [-0.15, -0.1) is 0 Å². The highest BCUT2D eigenvalue weighted by molar-refractivity contribution is 5.96. The fraction of sp³-hybridized carbons (Fsp3) is 0.267. The molecule has 0 saturated heterocycles. The molecule has 6 nitrogen and oxygen atoms in total. The number of amides is 2. The summed E-state index contributed by atoms with van der Waals surface area (Å²) in [5.41, 5.74) is 1.08. The molecule has 0 aliphatic rings. The van der Waals surface area contributed by atoms with Crippen LogP contribution in [-0.2, 0) is 18.4 Å². The van der Waals surface area contributed by atoms with Gasteiger partial charge in [0.25, 0.3) is 5.91 Å². The van der Waals surface area contributed by atoms with Gasteiger partial charge in [-0.25, -0.2) is 4.39 Å². The summed E-state index contributed by atoms with van der Waals surface area (Å²) in [5.74, 6) is -1.22. The van der Waals surface area contributed by atoms with Crippen LogP contribution in [0.15, 0.2) is 36.7 Å². The summed E-state index contributed by atoms with van der Waals surface area (Å²) in [6.07, 6.45) is 3.49. The van der Waals surface area contributed by atoms with Crippen LogP contribution in [0.3, 0.4) is 0 Å². The van der Waals surface area contributed by atoms with Crippen LogP contribution in [0.25, 0.3) is 0 Å². The molecule has 0 atom stereocenters. The number of benzene rings is 1. The van der Waals surface area contributed by atoms with Crippen molar-refractivity contribution in [1.82, 2.24) is 20.0 Å². The molecule has 1 aromatic heterocycles. The molecule has 116 valence electrons. The summed E-state index contributed by atoms with van der Waals surface area (Å²) in [6, 6.07) is 5.31. The smallest absolute Gasteiger partial charge is 0.251 e. The molecule has 1 heterocycles. The normalized spacial score (nSPS) is 10.3. The lowest BCUT2D eigenvalue weighted by atomic mass is 10.2. The zero-order valence-corrected chi connectivity index (χ0v) is 12.4. The Kier molecular flexibility index (Phi) is 4.88. The van der Waals surface area contributed by atoms with Crippen LogP contribution >= 0.6 is 0 Å². The Morgan fingerprint density at radius 1 is 1.41 bits per heavy atom. The van der Waals surface area contributed by atoms with Gasteiger partial charge in [-0.05, 0) is 18.2 Å². The van der Waals surface area contributed by atoms with Crippen molar-refractivity contribution in [2.75, 3.05) is 13.6 Å². The van der Waals surface area contributed by atoms with Gasteiger partial charge in [0, 0.05) is 38.0 Å². The van der Waals surface area contributed by atoms with Gasteiger partial charge < -0.3 is 10.2 Å². The molecule has 0 saturated carbocycles. The van der Waals surface area contributed by atoms with Crippen molar-refractivity contribution >= 4 is 11.8 Å². The fourth-order valence-electron chi connectivity index (χ4n) is 1.94. The van der Waals surface area contributed by atoms with E-state index in [0.29, 0.717) is 6.54 Å². The van der Waals surface area contributed by atoms with Gasteiger partial charge in [-0.2, -0.15) is 5.10 Å². The van der Waals surface area contributed by atoms with Gasteiger partial charge >= 0.3 is 0 Å². The molecule has 1 N–H and O–H groups in total. The number of carbonyl (C=O) groups is 2. The predicted molar refractivity (Wildman–Crippen MR) is 78.4 cm³/mol. The quantitative estimate of drug-likeness (QED) is 0.894. The van der Waals surface area contributed by atoms with Crippen LogP contribution in [0, 0.1) is 5.82 Å². The summed E-state index contributed by atoms with van der Waals surface area (Å²) >= 11 is 0. The number of aryl methyl sites for hydroxylation is 1. The van der Waals surface area contributed by atoms with Crippen molar-refractivity contribution < 1.29 is 14.0 Å². The molecule has 0 radical (unpaired) electrons. The van der Waals surface area contributed by atoms with E-state index < -0.39 is 11.7 Å². The maximum atomic E-state index is 13.0. The number of carbonyl (C=O) groups excluding carboxylic acids is 2. The molecule has 0 bridgehead atoms. The second-order valence-electron chi connectivity index (χ2n) is 4.97. The first kappa shape index (κ1) is 15.7. The van der Waals surface area contributed by atoms with Crippen molar-refractivity contribution in [1.29, 1.82) is 0 Å². The van der Waals surface area contributed by atoms with E-state index in [1.807, 2.05) is 6.20 Å². The zero-order chi connectivity index (χ0) is 16.1. The molecular weight excluding hydrogens is 287 g/mol. The predicted octanol–water partition coefficient (Wildman–Crippen LogP) is 0.948. The molecule has 1 aromatic carbocycles. The Hall–Kier alpha value is -2.70. The average molecular weight is 304 g/mol. The van der Waals surface area contributed by atoms with E-state index in [4.69, 9.17) is 0 Å². The summed E-state index contributed by atoms with van der Waals surface area (Å²) in [7, 11) is 3.44. The monoisotopic (exact) mass is 304 g/mol. The standard InChI is InChI=1S/C15H17FN4O2/c1-19(9-11-7-18-20(2)10-11)14(21)8-17-15(22)12-4-3-5-13(16)6-12/h3-7,10H,8-9H2,1-2H3,(H,17,22). The molecule has 2 aromatic rings. The van der Waals surface area contributed by atoms with Crippen LogP contribution in [0.2, 0.25) is 0 Å². The summed E-state index contributed by atoms with van der Waals surface area (Å²) in [5, 5.41) is 6.50. The summed E-state index contributed by atoms with van der Waals surface area (Å²) < 4.78 is 14.7. The highest BCUT2D eigenvalue weighted by Crippen LogP contribution is 2.04. The fourth-order valence-corrected chi connectivity index (χ4v) is 1.94. The molecule has 0 aliphatic carbocycles. The molecule has 2 rings (SSSR count). The van der Waals surface area contributed by atoms with Crippen LogP contribution < -0.4 is 5.32 Å². The van der Waals surface area contributed by atoms with Gasteiger partial charge in [-0.1, -0.05) is 6.07 Å². The molecule has 0 aliphatic heterocycles. The van der Waals surface area contributed by atoms with Crippen LogP contribution in [0.5, 0.6) is 0 Å². The van der Waals surface area contributed by atoms with Crippen LogP contribution in [-0.4, -0.2) is 40.1 Å². The molecular formula is C15H17FN4O2. The van der Waals surface area contributed by atoms with E-state index >= 15 is 0 Å². The lowest BCUT2D eigenvalue weighted by molar-refractivity contribution is -0.129. The maximum absolute atomic E-state index is 13.0. The lowest BCUT2D eigenvalue weighted by Gasteiger charge is -2.16. The lowest BCUT2D eigenvalue weighted by Crippen LogP contribution is -2.37. The topological polar surface area (TPSA) is 67.2 Å². The number of halogens is 1. The molecule has 0 fully saturated rings. The SMILES string of the molecule is CN(Cc1cnn(C)c1)C(=O)CNC(=O)c1cccc(F)c1. The van der Waals surface area contributed by atoms with E-state index in [0.717, 1.165) is 11.6 Å². The van der Waals surface area contributed by atoms with Crippen molar-refractivity contribution in [2.24, 2.45) is 7.05 Å². The van der Waals surface area contributed by atoms with E-state index in [2.05, 4.69) is 10.4 Å². The summed E-state index contributed by atoms with van der Waals surface area (Å²) in [4.78, 5) is 25.3. The van der Waals surface area contributed by atoms with Crippen molar-refractivity contribution in [2.45, 2.75) is 6.54 Å². The van der Waals surface area contributed by atoms with Crippen LogP contribution in [0.4, 0.5) is 4.39 Å². The minimum Gasteiger partial charge on any atom is -0.343 e. The Balaban J connectivity index is 1.85. The number of nitrogens with zero attached hydrogens (tertiary/aromatic N) is 3. The average Bonchev–Trinajstić information content (AvgIpc) is 2.89. The highest BCUT2D eigenvalue weighted by atomic mass is 19.1. The van der Waals surface area contributed by atoms with Gasteiger partial charge in [0.15, 0.2) is 0 Å². The third-order valence-electron chi connectivity index (χ3n) is 3.09. The summed E-state index contributed by atoms with van der Waals surface area (Å²) in [6.45, 7) is 0.259. The largest absolute Gasteiger partial charge is 0.343 e. The number of hydrogen-bond donors (Lipinski definition) is 1. The number of likely N-dealkylation sites (N-methyl/N-ethyl adjacent to an activating group) is 1. The minimum absolute atomic E-state index is 0.147. The first-order valence-electron chi connectivity index (χ1n) is 6.71. The van der Waals surface area contributed by atoms with E-state index in [1.54, 1.807) is 25.0 Å². The minimum atomic E-state index is -0.493. The van der Waals surface area contributed by atoms with Gasteiger partial charge in [-0.3, -0.25) is 14.3 Å². The molecule has 0 unspecified atom stereocenters. The number of rotatable bonds is 5. The molecule has 22 heavy (non-hydrogen) atoms. The number of hydrogen-bond acceptors (Lipinski definition) is 3. The Morgan fingerprint density at radius 2 is 2.18 bits per heavy atom. The van der Waals surface area contributed by atoms with Gasteiger partial charge in [0.05, 0.1) is 12.7 Å². The second-order valence-corrected chi connectivity index (χ2v) is 4.97. The van der Waals surface area contributed by atoms with E-state index in [9.17, 15) is 14.0 Å². The van der Waals surface area contributed by atoms with Gasteiger partial charge in [0.2, 0.25) is 5.91 Å². The van der Waals surface area contributed by atoms with E-state index in [1.165, 1.54) is 23.1 Å². The zero-order valence-electron chi connectivity index (χ0n) is 12.4. The maximum Gasteiger partial charge on any atom is 0.251 e. The van der Waals surface area contributed by atoms with Gasteiger partial charge in [0.1, 0.15) is 5.82 Å². The van der Waals surface area contributed by atoms with Crippen molar-refractivity contribution in [3.05, 3.63) is 53.6 Å².